The number of piperidine rings is 1. The second kappa shape index (κ2) is 9.93. The fourth-order valence-corrected chi connectivity index (χ4v) is 4.86. The fourth-order valence-electron chi connectivity index (χ4n) is 4.66. The molecule has 180 valence electrons. The number of esters is 1. The van der Waals surface area contributed by atoms with Gasteiger partial charge in [0.25, 0.3) is 0 Å². The van der Waals surface area contributed by atoms with Gasteiger partial charge in [-0.05, 0) is 76.6 Å². The van der Waals surface area contributed by atoms with Gasteiger partial charge in [-0.15, -0.1) is 0 Å². The molecule has 5 nitrogen and oxygen atoms in total. The van der Waals surface area contributed by atoms with E-state index < -0.39 is 5.60 Å². The molecule has 0 bridgehead atoms. The van der Waals surface area contributed by atoms with Gasteiger partial charge >= 0.3 is 5.97 Å². The Morgan fingerprint density at radius 1 is 1.15 bits per heavy atom. The smallest absolute Gasteiger partial charge is 0.307 e. The van der Waals surface area contributed by atoms with Crippen molar-refractivity contribution in [2.45, 2.75) is 51.0 Å². The molecule has 2 heterocycles. The van der Waals surface area contributed by atoms with E-state index in [2.05, 4.69) is 11.0 Å². The molecule has 2 aromatic carbocycles. The van der Waals surface area contributed by atoms with Crippen molar-refractivity contribution in [2.75, 3.05) is 26.2 Å². The van der Waals surface area contributed by atoms with Gasteiger partial charge in [-0.2, -0.15) is 0 Å². The molecule has 2 aliphatic rings. The molecule has 1 spiro atoms. The molecule has 4 rings (SSSR count). The first kappa shape index (κ1) is 24.5. The number of carbonyl (C=O) groups excluding carboxylic acids is 2. The van der Waals surface area contributed by atoms with Crippen LogP contribution in [-0.2, 0) is 14.9 Å². The Morgan fingerprint density at radius 3 is 2.59 bits per heavy atom. The Bertz CT molecular complexity index is 1090. The van der Waals surface area contributed by atoms with Crippen molar-refractivity contribution in [2.24, 2.45) is 0 Å². The highest BCUT2D eigenvalue weighted by molar-refractivity contribution is 6.32. The number of hydrogen-bond acceptors (Lipinski definition) is 5. The maximum Gasteiger partial charge on any atom is 0.307 e. The summed E-state index contributed by atoms with van der Waals surface area (Å²) in [5, 5.41) is 0.614. The van der Waals surface area contributed by atoms with Crippen molar-refractivity contribution in [3.63, 3.8) is 0 Å². The quantitative estimate of drug-likeness (QED) is 0.301. The van der Waals surface area contributed by atoms with E-state index >= 15 is 0 Å². The van der Waals surface area contributed by atoms with E-state index in [1.54, 1.807) is 18.2 Å². The summed E-state index contributed by atoms with van der Waals surface area (Å²) in [7, 11) is 0. The predicted octanol–water partition coefficient (Wildman–Crippen LogP) is 5.69. The van der Waals surface area contributed by atoms with Gasteiger partial charge in [-0.1, -0.05) is 41.9 Å². The zero-order valence-electron chi connectivity index (χ0n) is 20.1. The highest BCUT2D eigenvalue weighted by atomic mass is 35.5. The average molecular weight is 482 g/mol. The molecular formula is C28H32ClNO4. The van der Waals surface area contributed by atoms with E-state index in [1.165, 1.54) is 5.56 Å². The van der Waals surface area contributed by atoms with Gasteiger partial charge in [0.2, 0.25) is 0 Å². The van der Waals surface area contributed by atoms with E-state index in [-0.39, 0.29) is 17.2 Å². The molecule has 2 aliphatic heterocycles. The number of halogens is 1. The van der Waals surface area contributed by atoms with Crippen LogP contribution in [0, 0.1) is 0 Å². The maximum atomic E-state index is 12.7. The summed E-state index contributed by atoms with van der Waals surface area (Å²) in [5.41, 5.74) is 2.14. The highest BCUT2D eigenvalue weighted by Crippen LogP contribution is 2.45. The Balaban J connectivity index is 1.36. The van der Waals surface area contributed by atoms with Gasteiger partial charge in [0, 0.05) is 28.1 Å². The van der Waals surface area contributed by atoms with Crippen molar-refractivity contribution in [1.29, 1.82) is 0 Å². The Morgan fingerprint density at radius 2 is 1.88 bits per heavy atom. The molecule has 6 heteroatoms. The van der Waals surface area contributed by atoms with E-state index in [0.717, 1.165) is 37.2 Å². The summed E-state index contributed by atoms with van der Waals surface area (Å²) < 4.78 is 11.5. The highest BCUT2D eigenvalue weighted by Gasteiger charge is 2.43. The van der Waals surface area contributed by atoms with Gasteiger partial charge in [0.15, 0.2) is 5.78 Å². The van der Waals surface area contributed by atoms with Crippen LogP contribution < -0.4 is 4.74 Å². The van der Waals surface area contributed by atoms with E-state index in [9.17, 15) is 9.59 Å². The fraction of sp³-hybridized carbons (Fsp3) is 0.429. The molecule has 2 aromatic rings. The zero-order valence-corrected chi connectivity index (χ0v) is 20.9. The molecule has 1 fully saturated rings. The topological polar surface area (TPSA) is 55.8 Å². The summed E-state index contributed by atoms with van der Waals surface area (Å²) >= 11 is 6.17. The Kier molecular flexibility index (Phi) is 7.15. The number of fused-ring (bicyclic) bond motifs is 2. The largest absolute Gasteiger partial charge is 0.492 e. The third-order valence-corrected chi connectivity index (χ3v) is 6.87. The van der Waals surface area contributed by atoms with Crippen LogP contribution in [0.1, 0.15) is 61.5 Å². The Labute approximate surface area is 206 Å². The molecule has 0 amide bonds. The lowest BCUT2D eigenvalue weighted by Crippen LogP contribution is -2.44. The number of ketones is 1. The van der Waals surface area contributed by atoms with Crippen LogP contribution in [0.25, 0.3) is 6.08 Å². The summed E-state index contributed by atoms with van der Waals surface area (Å²) in [4.78, 5) is 27.1. The number of likely N-dealkylation sites (tertiary alicyclic amines) is 1. The summed E-state index contributed by atoms with van der Waals surface area (Å²) in [6.07, 6.45) is 5.64. The standard InChI is InChI=1S/C28H32ClNO4/c1-27(2,3)34-26(32)12-15-30-16-13-28(14-17-30)19-33-25-18-21(8-10-22(25)28)24(31)11-9-20-6-4-5-7-23(20)29/h4-11,18H,12-17,19H2,1-3H3/b11-9+. The molecular weight excluding hydrogens is 450 g/mol. The minimum Gasteiger partial charge on any atom is -0.492 e. The summed E-state index contributed by atoms with van der Waals surface area (Å²) in [6, 6.07) is 13.2. The molecule has 1 saturated heterocycles. The maximum absolute atomic E-state index is 12.7. The molecule has 0 radical (unpaired) electrons. The van der Waals surface area contributed by atoms with Gasteiger partial charge < -0.3 is 14.4 Å². The van der Waals surface area contributed by atoms with Gasteiger partial charge in [-0.25, -0.2) is 0 Å². The van der Waals surface area contributed by atoms with Gasteiger partial charge in [0.1, 0.15) is 11.4 Å². The number of nitrogens with zero attached hydrogens (tertiary/aromatic N) is 1. The van der Waals surface area contributed by atoms with Crippen molar-refractivity contribution >= 4 is 29.4 Å². The van der Waals surface area contributed by atoms with Crippen molar-refractivity contribution in [3.8, 4) is 5.75 Å². The van der Waals surface area contributed by atoms with Crippen molar-refractivity contribution in [3.05, 3.63) is 70.3 Å². The summed E-state index contributed by atoms with van der Waals surface area (Å²) in [6.45, 7) is 8.84. The SMILES string of the molecule is CC(C)(C)OC(=O)CCN1CCC2(CC1)COc1cc(C(=O)/C=C/c3ccccc3Cl)ccc12. The molecule has 0 aromatic heterocycles. The first-order chi connectivity index (χ1) is 16.2. The predicted molar refractivity (Wildman–Crippen MR) is 135 cm³/mol. The third kappa shape index (κ3) is 5.70. The second-order valence-electron chi connectivity index (χ2n) is 10.2. The monoisotopic (exact) mass is 481 g/mol. The normalized spacial score (nSPS) is 17.5. The number of hydrogen-bond donors (Lipinski definition) is 0. The van der Waals surface area contributed by atoms with Crippen molar-refractivity contribution in [1.82, 2.24) is 4.90 Å². The van der Waals surface area contributed by atoms with Crippen LogP contribution in [0.15, 0.2) is 48.5 Å². The molecule has 34 heavy (non-hydrogen) atoms. The van der Waals surface area contributed by atoms with Crippen molar-refractivity contribution < 1.29 is 19.1 Å². The minimum atomic E-state index is -0.446. The second-order valence-corrected chi connectivity index (χ2v) is 10.6. The van der Waals surface area contributed by atoms with Crippen LogP contribution in [0.4, 0.5) is 0 Å². The first-order valence-corrected chi connectivity index (χ1v) is 12.2. The molecule has 0 atom stereocenters. The number of ether oxygens (including phenoxy) is 2. The van der Waals surface area contributed by atoms with Crippen LogP contribution in [0.2, 0.25) is 5.02 Å². The molecule has 0 N–H and O–H groups in total. The molecule has 0 unspecified atom stereocenters. The average Bonchev–Trinajstić information content (AvgIpc) is 3.14. The number of benzene rings is 2. The van der Waals surface area contributed by atoms with Crippen LogP contribution in [0.5, 0.6) is 5.75 Å². The minimum absolute atomic E-state index is 0.0211. The van der Waals surface area contributed by atoms with E-state index in [1.807, 2.05) is 51.1 Å². The number of allylic oxidation sites excluding steroid dienone is 1. The van der Waals surface area contributed by atoms with E-state index in [0.29, 0.717) is 30.2 Å². The first-order valence-electron chi connectivity index (χ1n) is 11.8. The van der Waals surface area contributed by atoms with E-state index in [4.69, 9.17) is 21.1 Å². The Hall–Kier alpha value is -2.63. The molecule has 0 saturated carbocycles. The lowest BCUT2D eigenvalue weighted by Gasteiger charge is -2.38. The lowest BCUT2D eigenvalue weighted by molar-refractivity contribution is -0.155. The zero-order chi connectivity index (χ0) is 24.3. The lowest BCUT2D eigenvalue weighted by atomic mass is 9.74. The number of rotatable bonds is 6. The number of carbonyl (C=O) groups is 2. The van der Waals surface area contributed by atoms with Crippen LogP contribution in [-0.4, -0.2) is 48.5 Å². The van der Waals surface area contributed by atoms with Gasteiger partial charge in [0.05, 0.1) is 13.0 Å². The van der Waals surface area contributed by atoms with Crippen LogP contribution in [0.3, 0.4) is 0 Å². The third-order valence-electron chi connectivity index (χ3n) is 6.53. The van der Waals surface area contributed by atoms with Crippen LogP contribution >= 0.6 is 11.6 Å². The van der Waals surface area contributed by atoms with Gasteiger partial charge in [-0.3, -0.25) is 9.59 Å². The summed E-state index contributed by atoms with van der Waals surface area (Å²) in [5.74, 6) is 0.576. The molecule has 0 aliphatic carbocycles.